The molecule has 0 atom stereocenters. The third-order valence-corrected chi connectivity index (χ3v) is 2.92. The Labute approximate surface area is 94.3 Å². The quantitative estimate of drug-likeness (QED) is 0.338. The summed E-state index contributed by atoms with van der Waals surface area (Å²) in [5, 5.41) is 10.5. The van der Waals surface area contributed by atoms with Gasteiger partial charge in [0, 0.05) is 12.1 Å². The highest BCUT2D eigenvalue weighted by Gasteiger charge is 2.14. The SMILES string of the molecule is CC1=CC(c2ccc([N+](=O)[O-])cc2)=[O+][SiH-]O1. The molecule has 0 amide bonds. The number of hydrogen-bond donors (Lipinski definition) is 0. The Balaban J connectivity index is 2.29. The van der Waals surface area contributed by atoms with Crippen LogP contribution in [0.5, 0.6) is 0 Å². The number of carbonyl (C=O) groups excluding carboxylic acids is 1. The number of nitro benzene ring substituents is 1. The Hall–Kier alpha value is -1.95. The molecule has 1 heterocycles. The lowest BCUT2D eigenvalue weighted by Crippen LogP contribution is -2.10. The minimum atomic E-state index is -0.527. The molecule has 0 saturated heterocycles. The van der Waals surface area contributed by atoms with Crippen LogP contribution in [0.2, 0.25) is 0 Å². The number of allylic oxidation sites excluding steroid dienone is 2. The second-order valence-electron chi connectivity index (χ2n) is 3.26. The molecule has 1 aliphatic heterocycles. The number of nitrogens with zero attached hydrogens (tertiary/aromatic N) is 1. The van der Waals surface area contributed by atoms with Crippen molar-refractivity contribution >= 4 is 21.5 Å². The molecule has 2 rings (SSSR count). The van der Waals surface area contributed by atoms with E-state index in [4.69, 9.17) is 8.54 Å². The first-order valence-electron chi connectivity index (χ1n) is 4.62. The Morgan fingerprint density at radius 2 is 2.06 bits per heavy atom. The highest BCUT2D eigenvalue weighted by atomic mass is 28.2. The lowest BCUT2D eigenvalue weighted by Gasteiger charge is -2.10. The Kier molecular flexibility index (Phi) is 2.82. The van der Waals surface area contributed by atoms with Gasteiger partial charge in [-0.25, -0.2) is 0 Å². The van der Waals surface area contributed by atoms with Crippen molar-refractivity contribution in [1.29, 1.82) is 0 Å². The Morgan fingerprint density at radius 1 is 1.38 bits per heavy atom. The topological polar surface area (TPSA) is 63.7 Å². The minimum Gasteiger partial charge on any atom is -0.621 e. The molecule has 6 heteroatoms. The van der Waals surface area contributed by atoms with Gasteiger partial charge in [0.2, 0.25) is 0 Å². The molecule has 1 aromatic carbocycles. The number of nitro groups is 1. The summed E-state index contributed by atoms with van der Waals surface area (Å²) in [6.45, 7) is 1.85. The molecule has 0 radical (unpaired) electrons. The molecule has 0 saturated carbocycles. The maximum absolute atomic E-state index is 10.5. The number of rotatable bonds is 2. The van der Waals surface area contributed by atoms with Gasteiger partial charge in [-0.05, 0) is 19.1 Å². The van der Waals surface area contributed by atoms with Crippen LogP contribution in [-0.4, -0.2) is 20.7 Å². The smallest absolute Gasteiger partial charge is 0.440 e. The molecular formula is C10H9NO4Si. The highest BCUT2D eigenvalue weighted by molar-refractivity contribution is 6.22. The Morgan fingerprint density at radius 3 is 2.62 bits per heavy atom. The van der Waals surface area contributed by atoms with Crippen LogP contribution >= 0.6 is 0 Å². The van der Waals surface area contributed by atoms with E-state index in [0.29, 0.717) is 5.78 Å². The Bertz CT molecular complexity index is 478. The fraction of sp³-hybridized carbons (Fsp3) is 0.100. The van der Waals surface area contributed by atoms with Crippen LogP contribution in [-0.2, 0) is 4.43 Å². The van der Waals surface area contributed by atoms with Gasteiger partial charge >= 0.3 is 10.0 Å². The first-order chi connectivity index (χ1) is 7.66. The van der Waals surface area contributed by atoms with E-state index in [1.807, 2.05) is 6.92 Å². The number of hydrogen-bond acceptors (Lipinski definition) is 3. The van der Waals surface area contributed by atoms with Gasteiger partial charge in [-0.3, -0.25) is 10.1 Å². The molecule has 0 N–H and O–H groups in total. The largest absolute Gasteiger partial charge is 0.621 e. The zero-order valence-corrected chi connectivity index (χ0v) is 9.70. The van der Waals surface area contributed by atoms with Gasteiger partial charge in [0.15, 0.2) is 0 Å². The van der Waals surface area contributed by atoms with Gasteiger partial charge in [0.1, 0.15) is 0 Å². The fourth-order valence-electron chi connectivity index (χ4n) is 1.30. The van der Waals surface area contributed by atoms with Crippen molar-refractivity contribution < 1.29 is 13.5 Å². The monoisotopic (exact) mass is 235 g/mol. The lowest BCUT2D eigenvalue weighted by atomic mass is 10.1. The standard InChI is InChI=1S/C10H9NO4Si/c1-7-6-10(15-16-14-7)8-2-4-9(5-3-8)11(12)13/h2-6,16H,1H3. The molecule has 5 nitrogen and oxygen atoms in total. The minimum absolute atomic E-state index is 0.0736. The molecule has 0 fully saturated rings. The van der Waals surface area contributed by atoms with E-state index in [2.05, 4.69) is 0 Å². The molecule has 0 aliphatic carbocycles. The summed E-state index contributed by atoms with van der Waals surface area (Å²) < 4.78 is 10.6. The zero-order chi connectivity index (χ0) is 11.5. The number of ketones is 1. The summed E-state index contributed by atoms with van der Waals surface area (Å²) in [4.78, 5) is 10.1. The molecular weight excluding hydrogens is 226 g/mol. The van der Waals surface area contributed by atoms with E-state index >= 15 is 0 Å². The summed E-state index contributed by atoms with van der Waals surface area (Å²) in [6, 6.07) is 6.25. The molecule has 1 aliphatic rings. The van der Waals surface area contributed by atoms with E-state index in [-0.39, 0.29) is 5.69 Å². The van der Waals surface area contributed by atoms with Crippen LogP contribution in [0, 0.1) is 10.1 Å². The van der Waals surface area contributed by atoms with Crippen LogP contribution in [0.25, 0.3) is 0 Å². The van der Waals surface area contributed by atoms with Gasteiger partial charge in [-0.1, -0.05) is 0 Å². The van der Waals surface area contributed by atoms with Crippen molar-refractivity contribution in [3.63, 3.8) is 0 Å². The van der Waals surface area contributed by atoms with Crippen molar-refractivity contribution in [2.45, 2.75) is 6.92 Å². The van der Waals surface area contributed by atoms with Crippen LogP contribution < -0.4 is 0 Å². The molecule has 0 bridgehead atoms. The first-order valence-corrected chi connectivity index (χ1v) is 5.56. The lowest BCUT2D eigenvalue weighted by molar-refractivity contribution is -0.384. The third-order valence-electron chi connectivity index (χ3n) is 2.11. The van der Waals surface area contributed by atoms with Gasteiger partial charge in [0.05, 0.1) is 22.3 Å². The van der Waals surface area contributed by atoms with Crippen molar-refractivity contribution in [1.82, 2.24) is 0 Å². The number of non-ortho nitro benzene ring substituents is 1. The van der Waals surface area contributed by atoms with Crippen LogP contribution in [0.3, 0.4) is 0 Å². The van der Waals surface area contributed by atoms with Crippen molar-refractivity contribution in [2.75, 3.05) is 0 Å². The summed E-state index contributed by atoms with van der Waals surface area (Å²) in [6.07, 6.45) is 1.78. The van der Waals surface area contributed by atoms with E-state index in [0.717, 1.165) is 11.3 Å². The maximum Gasteiger partial charge on any atom is 0.440 e. The second kappa shape index (κ2) is 4.27. The van der Waals surface area contributed by atoms with Gasteiger partial charge in [0.25, 0.3) is 11.5 Å². The maximum atomic E-state index is 10.5. The van der Waals surface area contributed by atoms with Gasteiger partial charge < -0.3 is 8.54 Å². The molecule has 1 aromatic rings. The van der Waals surface area contributed by atoms with Crippen molar-refractivity contribution in [3.05, 3.63) is 51.8 Å². The third kappa shape index (κ3) is 2.17. The predicted octanol–water partition coefficient (Wildman–Crippen LogP) is 1.51. The molecule has 0 aromatic heterocycles. The highest BCUT2D eigenvalue weighted by Crippen LogP contribution is 2.15. The van der Waals surface area contributed by atoms with Crippen LogP contribution in [0.1, 0.15) is 16.6 Å². The van der Waals surface area contributed by atoms with E-state index in [1.165, 1.54) is 12.1 Å². The van der Waals surface area contributed by atoms with Gasteiger partial charge in [-0.15, -0.1) is 0 Å². The van der Waals surface area contributed by atoms with Crippen LogP contribution in [0.15, 0.2) is 36.1 Å². The van der Waals surface area contributed by atoms with Crippen LogP contribution in [0.4, 0.5) is 5.69 Å². The fourth-order valence-corrected chi connectivity index (χ4v) is 1.88. The summed E-state index contributed by atoms with van der Waals surface area (Å²) in [5.41, 5.74) is 0.894. The van der Waals surface area contributed by atoms with Gasteiger partial charge in [-0.2, -0.15) is 0 Å². The van der Waals surface area contributed by atoms with E-state index < -0.39 is 14.9 Å². The second-order valence-corrected chi connectivity index (χ2v) is 3.92. The molecule has 0 unspecified atom stereocenters. The molecule has 82 valence electrons. The van der Waals surface area contributed by atoms with E-state index in [9.17, 15) is 10.1 Å². The van der Waals surface area contributed by atoms with Crippen molar-refractivity contribution in [3.8, 4) is 0 Å². The average molecular weight is 235 g/mol. The zero-order valence-electron chi connectivity index (χ0n) is 8.54. The van der Waals surface area contributed by atoms with E-state index in [1.54, 1.807) is 18.2 Å². The predicted molar refractivity (Wildman–Crippen MR) is 59.4 cm³/mol. The normalized spacial score (nSPS) is 14.3. The summed E-state index contributed by atoms with van der Waals surface area (Å²) >= 11 is 0. The summed E-state index contributed by atoms with van der Waals surface area (Å²) in [5.74, 6) is 1.50. The summed E-state index contributed by atoms with van der Waals surface area (Å²) in [7, 11) is -0.527. The molecule has 0 spiro atoms. The molecule has 16 heavy (non-hydrogen) atoms. The number of benzene rings is 1. The van der Waals surface area contributed by atoms with Crippen molar-refractivity contribution in [2.24, 2.45) is 0 Å². The first kappa shape index (κ1) is 10.6. The average Bonchev–Trinajstić information content (AvgIpc) is 2.29.